The van der Waals surface area contributed by atoms with E-state index >= 15 is 0 Å². The first-order valence-corrected chi connectivity index (χ1v) is 6.86. The number of hydrogen-bond acceptors (Lipinski definition) is 3. The van der Waals surface area contributed by atoms with Gasteiger partial charge in [-0.05, 0) is 48.9 Å². The molecule has 110 valence electrons. The van der Waals surface area contributed by atoms with E-state index in [9.17, 15) is 4.79 Å². The molecule has 2 rings (SSSR count). The molecule has 0 heterocycles. The summed E-state index contributed by atoms with van der Waals surface area (Å²) in [5, 5.41) is 0.489. The number of anilines is 2. The summed E-state index contributed by atoms with van der Waals surface area (Å²) in [6.07, 6.45) is 0. The van der Waals surface area contributed by atoms with E-state index in [1.807, 2.05) is 13.0 Å². The van der Waals surface area contributed by atoms with Gasteiger partial charge in [0.2, 0.25) is 0 Å². The van der Waals surface area contributed by atoms with Crippen LogP contribution in [-0.2, 0) is 4.79 Å². The van der Waals surface area contributed by atoms with Crippen molar-refractivity contribution in [3.05, 3.63) is 53.1 Å². The van der Waals surface area contributed by atoms with Crippen LogP contribution in [0.3, 0.4) is 0 Å². The van der Waals surface area contributed by atoms with Crippen LogP contribution in [0.5, 0.6) is 5.75 Å². The summed E-state index contributed by atoms with van der Waals surface area (Å²) in [4.78, 5) is 13.6. The van der Waals surface area contributed by atoms with E-state index in [-0.39, 0.29) is 12.5 Å². The Balaban J connectivity index is 2.01. The third-order valence-corrected chi connectivity index (χ3v) is 3.40. The quantitative estimate of drug-likeness (QED) is 0.882. The Hall–Kier alpha value is -2.20. The first kappa shape index (κ1) is 15.2. The Morgan fingerprint density at radius 2 is 1.90 bits per heavy atom. The lowest BCUT2D eigenvalue weighted by atomic mass is 10.2. The Labute approximate surface area is 129 Å². The fraction of sp³-hybridized carbons (Fsp3) is 0.188. The number of ether oxygens (including phenoxy) is 1. The van der Waals surface area contributed by atoms with E-state index in [4.69, 9.17) is 22.1 Å². The van der Waals surface area contributed by atoms with Crippen molar-refractivity contribution < 1.29 is 9.53 Å². The van der Waals surface area contributed by atoms with E-state index in [1.54, 1.807) is 43.4 Å². The summed E-state index contributed by atoms with van der Waals surface area (Å²) in [5.74, 6) is 0.341. The van der Waals surface area contributed by atoms with Crippen molar-refractivity contribution in [3.8, 4) is 5.75 Å². The van der Waals surface area contributed by atoms with Crippen molar-refractivity contribution in [2.24, 2.45) is 0 Å². The maximum absolute atomic E-state index is 12.1. The van der Waals surface area contributed by atoms with E-state index in [1.165, 1.54) is 4.90 Å². The maximum atomic E-state index is 12.1. The predicted octanol–water partition coefficient (Wildman–Crippen LogP) is 3.27. The molecule has 0 saturated heterocycles. The van der Waals surface area contributed by atoms with Crippen molar-refractivity contribution >= 4 is 28.9 Å². The number of nitrogens with zero attached hydrogens (tertiary/aromatic N) is 1. The minimum absolute atomic E-state index is 0.0793. The van der Waals surface area contributed by atoms with Gasteiger partial charge in [0.15, 0.2) is 6.61 Å². The lowest BCUT2D eigenvalue weighted by Gasteiger charge is -2.18. The number of rotatable bonds is 4. The molecule has 2 aromatic rings. The number of nitrogens with two attached hydrogens (primary N) is 1. The first-order valence-electron chi connectivity index (χ1n) is 6.48. The second-order valence-electron chi connectivity index (χ2n) is 4.77. The van der Waals surface area contributed by atoms with Crippen molar-refractivity contribution in [2.75, 3.05) is 24.3 Å². The molecule has 0 saturated carbocycles. The van der Waals surface area contributed by atoms with Gasteiger partial charge in [-0.2, -0.15) is 0 Å². The van der Waals surface area contributed by atoms with Gasteiger partial charge in [0.05, 0.1) is 5.02 Å². The van der Waals surface area contributed by atoms with E-state index in [0.717, 1.165) is 11.3 Å². The molecule has 1 amide bonds. The Morgan fingerprint density at radius 3 is 2.57 bits per heavy atom. The molecule has 0 aromatic heterocycles. The number of benzene rings is 2. The SMILES string of the molecule is Cc1ccc(Cl)c(OCC(=O)N(C)c2ccc(N)cc2)c1. The Bertz CT molecular complexity index is 641. The van der Waals surface area contributed by atoms with E-state index in [0.29, 0.717) is 16.5 Å². The number of carbonyl (C=O) groups excluding carboxylic acids is 1. The van der Waals surface area contributed by atoms with Gasteiger partial charge in [0.1, 0.15) is 5.75 Å². The number of carbonyl (C=O) groups is 1. The molecule has 0 fully saturated rings. The molecular weight excluding hydrogens is 288 g/mol. The smallest absolute Gasteiger partial charge is 0.264 e. The zero-order chi connectivity index (χ0) is 15.4. The first-order chi connectivity index (χ1) is 9.97. The highest BCUT2D eigenvalue weighted by Crippen LogP contribution is 2.25. The third kappa shape index (κ3) is 3.89. The number of hydrogen-bond donors (Lipinski definition) is 1. The van der Waals surface area contributed by atoms with Crippen LogP contribution in [-0.4, -0.2) is 19.6 Å². The number of aryl methyl sites for hydroxylation is 1. The largest absolute Gasteiger partial charge is 0.482 e. The maximum Gasteiger partial charge on any atom is 0.264 e. The minimum Gasteiger partial charge on any atom is -0.482 e. The summed E-state index contributed by atoms with van der Waals surface area (Å²) in [5.41, 5.74) is 8.06. The summed E-state index contributed by atoms with van der Waals surface area (Å²) in [6, 6.07) is 12.5. The molecule has 21 heavy (non-hydrogen) atoms. The summed E-state index contributed by atoms with van der Waals surface area (Å²) in [7, 11) is 1.69. The van der Waals surface area contributed by atoms with Crippen LogP contribution in [0.25, 0.3) is 0 Å². The van der Waals surface area contributed by atoms with Crippen LogP contribution < -0.4 is 15.4 Å². The van der Waals surface area contributed by atoms with Crippen molar-refractivity contribution in [1.29, 1.82) is 0 Å². The molecule has 0 atom stereocenters. The van der Waals surface area contributed by atoms with Gasteiger partial charge in [0, 0.05) is 18.4 Å². The predicted molar refractivity (Wildman–Crippen MR) is 85.9 cm³/mol. The highest BCUT2D eigenvalue weighted by atomic mass is 35.5. The normalized spacial score (nSPS) is 10.2. The molecule has 2 N–H and O–H groups in total. The van der Waals surface area contributed by atoms with Crippen molar-refractivity contribution in [1.82, 2.24) is 0 Å². The van der Waals surface area contributed by atoms with Crippen LogP contribution in [0.1, 0.15) is 5.56 Å². The zero-order valence-corrected chi connectivity index (χ0v) is 12.7. The average molecular weight is 305 g/mol. The van der Waals surface area contributed by atoms with Gasteiger partial charge in [-0.25, -0.2) is 0 Å². The average Bonchev–Trinajstić information content (AvgIpc) is 2.48. The lowest BCUT2D eigenvalue weighted by molar-refractivity contribution is -0.120. The highest BCUT2D eigenvalue weighted by molar-refractivity contribution is 6.32. The summed E-state index contributed by atoms with van der Waals surface area (Å²) < 4.78 is 5.50. The van der Waals surface area contributed by atoms with Gasteiger partial charge in [-0.15, -0.1) is 0 Å². The molecule has 0 unspecified atom stereocenters. The van der Waals surface area contributed by atoms with Gasteiger partial charge in [-0.3, -0.25) is 4.79 Å². The third-order valence-electron chi connectivity index (χ3n) is 3.09. The minimum atomic E-state index is -0.169. The second-order valence-corrected chi connectivity index (χ2v) is 5.17. The number of likely N-dealkylation sites (N-methyl/N-ethyl adjacent to an activating group) is 1. The number of halogens is 1. The highest BCUT2D eigenvalue weighted by Gasteiger charge is 2.12. The second kappa shape index (κ2) is 6.50. The van der Waals surface area contributed by atoms with Gasteiger partial charge in [-0.1, -0.05) is 17.7 Å². The summed E-state index contributed by atoms with van der Waals surface area (Å²) >= 11 is 6.03. The fourth-order valence-electron chi connectivity index (χ4n) is 1.80. The molecule has 5 heteroatoms. The zero-order valence-electron chi connectivity index (χ0n) is 12.0. The molecule has 0 aliphatic carbocycles. The van der Waals surface area contributed by atoms with Crippen molar-refractivity contribution in [3.63, 3.8) is 0 Å². The van der Waals surface area contributed by atoms with Crippen molar-refractivity contribution in [2.45, 2.75) is 6.92 Å². The standard InChI is InChI=1S/C16H17ClN2O2/c1-11-3-8-14(17)15(9-11)21-10-16(20)19(2)13-6-4-12(18)5-7-13/h3-9H,10,18H2,1-2H3. The lowest BCUT2D eigenvalue weighted by Crippen LogP contribution is -2.31. The molecule has 0 radical (unpaired) electrons. The molecule has 0 aliphatic rings. The molecule has 0 bridgehead atoms. The van der Waals surface area contributed by atoms with Gasteiger partial charge < -0.3 is 15.4 Å². The monoisotopic (exact) mass is 304 g/mol. The van der Waals surface area contributed by atoms with E-state index in [2.05, 4.69) is 0 Å². The summed E-state index contributed by atoms with van der Waals surface area (Å²) in [6.45, 7) is 1.86. The van der Waals surface area contributed by atoms with Crippen LogP contribution in [0.2, 0.25) is 5.02 Å². The van der Waals surface area contributed by atoms with Gasteiger partial charge >= 0.3 is 0 Å². The topological polar surface area (TPSA) is 55.6 Å². The fourth-order valence-corrected chi connectivity index (χ4v) is 1.97. The van der Waals surface area contributed by atoms with Crippen LogP contribution in [0.15, 0.2) is 42.5 Å². The molecule has 2 aromatic carbocycles. The van der Waals surface area contributed by atoms with Crippen LogP contribution >= 0.6 is 11.6 Å². The van der Waals surface area contributed by atoms with E-state index < -0.39 is 0 Å². The number of amides is 1. The number of nitrogen functional groups attached to an aromatic ring is 1. The molecular formula is C16H17ClN2O2. The van der Waals surface area contributed by atoms with Gasteiger partial charge in [0.25, 0.3) is 5.91 Å². The molecule has 4 nitrogen and oxygen atoms in total. The Morgan fingerprint density at radius 1 is 1.24 bits per heavy atom. The Kier molecular flexibility index (Phi) is 4.70. The molecule has 0 spiro atoms. The van der Waals surface area contributed by atoms with Crippen LogP contribution in [0.4, 0.5) is 11.4 Å². The van der Waals surface area contributed by atoms with Crippen LogP contribution in [0, 0.1) is 6.92 Å². The molecule has 0 aliphatic heterocycles.